The molecule has 3 heterocycles. The summed E-state index contributed by atoms with van der Waals surface area (Å²) in [5.74, 6) is 0.485. The van der Waals surface area contributed by atoms with E-state index in [1.807, 2.05) is 13.0 Å². The molecule has 118 valence electrons. The van der Waals surface area contributed by atoms with Gasteiger partial charge in [-0.25, -0.2) is 4.98 Å². The summed E-state index contributed by atoms with van der Waals surface area (Å²) in [4.78, 5) is 19.7. The Morgan fingerprint density at radius 1 is 1.55 bits per heavy atom. The summed E-state index contributed by atoms with van der Waals surface area (Å²) in [6.07, 6.45) is 4.27. The zero-order chi connectivity index (χ0) is 15.5. The van der Waals surface area contributed by atoms with Crippen LogP contribution in [0.5, 0.6) is 0 Å². The number of thioether (sulfide) groups is 1. The van der Waals surface area contributed by atoms with Crippen LogP contribution in [0, 0.1) is 13.8 Å². The molecule has 6 heteroatoms. The number of aromatic nitrogens is 3. The zero-order valence-corrected chi connectivity index (χ0v) is 13.8. The van der Waals surface area contributed by atoms with E-state index < -0.39 is 0 Å². The number of carbonyl (C=O) groups is 1. The molecular weight excluding hydrogens is 298 g/mol. The number of ether oxygens (including phenoxy) is 1. The van der Waals surface area contributed by atoms with Crippen molar-refractivity contribution in [3.63, 3.8) is 0 Å². The maximum Gasteiger partial charge on any atom is 0.189 e. The number of rotatable bonds is 6. The lowest BCUT2D eigenvalue weighted by Crippen LogP contribution is -2.17. The van der Waals surface area contributed by atoms with Crippen molar-refractivity contribution in [3.05, 3.63) is 35.4 Å². The number of aryl methyl sites for hydroxylation is 1. The average Bonchev–Trinajstić information content (AvgIpc) is 3.24. The van der Waals surface area contributed by atoms with Gasteiger partial charge < -0.3 is 14.3 Å². The fourth-order valence-electron chi connectivity index (χ4n) is 2.65. The average molecular weight is 319 g/mol. The van der Waals surface area contributed by atoms with Crippen molar-refractivity contribution in [3.8, 4) is 0 Å². The highest BCUT2D eigenvalue weighted by Crippen LogP contribution is 2.24. The Kier molecular flexibility index (Phi) is 4.69. The van der Waals surface area contributed by atoms with Crippen LogP contribution >= 0.6 is 11.8 Å². The van der Waals surface area contributed by atoms with E-state index in [2.05, 4.69) is 21.5 Å². The summed E-state index contributed by atoms with van der Waals surface area (Å²) < 4.78 is 7.92. The van der Waals surface area contributed by atoms with Gasteiger partial charge in [0.05, 0.1) is 29.8 Å². The van der Waals surface area contributed by atoms with E-state index in [9.17, 15) is 4.79 Å². The number of hydrogen-bond acceptors (Lipinski definition) is 4. The number of aromatic amines is 1. The van der Waals surface area contributed by atoms with Gasteiger partial charge in [-0.05, 0) is 38.8 Å². The Labute approximate surface area is 134 Å². The van der Waals surface area contributed by atoms with E-state index in [1.165, 1.54) is 11.8 Å². The molecule has 0 bridgehead atoms. The second kappa shape index (κ2) is 6.71. The fraction of sp³-hybridized carbons (Fsp3) is 0.500. The molecule has 0 aliphatic carbocycles. The molecule has 5 nitrogen and oxygen atoms in total. The van der Waals surface area contributed by atoms with Crippen LogP contribution in [0.3, 0.4) is 0 Å². The number of carbonyl (C=O) groups excluding carboxylic acids is 1. The largest absolute Gasteiger partial charge is 0.376 e. The third-order valence-corrected chi connectivity index (χ3v) is 5.04. The second-order valence-electron chi connectivity index (χ2n) is 5.61. The quantitative estimate of drug-likeness (QED) is 0.657. The van der Waals surface area contributed by atoms with Gasteiger partial charge in [0.25, 0.3) is 0 Å². The normalized spacial score (nSPS) is 18.0. The summed E-state index contributed by atoms with van der Waals surface area (Å²) >= 11 is 1.50. The lowest BCUT2D eigenvalue weighted by atomic mass is 10.2. The van der Waals surface area contributed by atoms with E-state index in [0.717, 1.165) is 42.5 Å². The molecule has 2 aromatic heterocycles. The Hall–Kier alpha value is -1.53. The molecule has 0 unspecified atom stereocenters. The lowest BCUT2D eigenvalue weighted by molar-refractivity contribution is 0.0945. The number of imidazole rings is 1. The maximum absolute atomic E-state index is 12.1. The standard InChI is InChI=1S/C16H21N3O2S/c1-11-12(2)19(9-13-5-4-8-21-13)16(18-11)22-10-15(20)14-6-3-7-17-14/h3,6-7,13,17H,4-5,8-10H2,1-2H3/t13-/m1/s1. The van der Waals surface area contributed by atoms with E-state index in [-0.39, 0.29) is 11.9 Å². The first kappa shape index (κ1) is 15.4. The minimum absolute atomic E-state index is 0.0944. The fourth-order valence-corrected chi connectivity index (χ4v) is 3.64. The molecule has 3 rings (SSSR count). The molecule has 22 heavy (non-hydrogen) atoms. The summed E-state index contributed by atoms with van der Waals surface area (Å²) in [6, 6.07) is 3.64. The van der Waals surface area contributed by atoms with Crippen molar-refractivity contribution >= 4 is 17.5 Å². The first-order valence-electron chi connectivity index (χ1n) is 7.60. The van der Waals surface area contributed by atoms with Gasteiger partial charge in [0, 0.05) is 18.5 Å². The Balaban J connectivity index is 1.69. The van der Waals surface area contributed by atoms with Crippen molar-refractivity contribution in [2.24, 2.45) is 0 Å². The van der Waals surface area contributed by atoms with Gasteiger partial charge in [0.1, 0.15) is 0 Å². The number of nitrogens with one attached hydrogen (secondary N) is 1. The Bertz CT molecular complexity index is 643. The molecule has 0 aromatic carbocycles. The van der Waals surface area contributed by atoms with Gasteiger partial charge in [-0.15, -0.1) is 0 Å². The van der Waals surface area contributed by atoms with Crippen LogP contribution in [0.4, 0.5) is 0 Å². The molecule has 1 N–H and O–H groups in total. The third-order valence-electron chi connectivity index (χ3n) is 4.06. The van der Waals surface area contributed by atoms with Crippen LogP contribution in [0.1, 0.15) is 34.7 Å². The van der Waals surface area contributed by atoms with Crippen LogP contribution < -0.4 is 0 Å². The first-order chi connectivity index (χ1) is 10.6. The van der Waals surface area contributed by atoms with Gasteiger partial charge in [0.2, 0.25) is 0 Å². The zero-order valence-electron chi connectivity index (χ0n) is 13.0. The summed E-state index contributed by atoms with van der Waals surface area (Å²) in [5, 5.41) is 0.908. The highest BCUT2D eigenvalue weighted by Gasteiger charge is 2.21. The Morgan fingerprint density at radius 2 is 2.41 bits per heavy atom. The summed E-state index contributed by atoms with van der Waals surface area (Å²) in [6.45, 7) is 5.77. The minimum atomic E-state index is 0.0944. The monoisotopic (exact) mass is 319 g/mol. The van der Waals surface area contributed by atoms with Crippen LogP contribution in [-0.2, 0) is 11.3 Å². The minimum Gasteiger partial charge on any atom is -0.376 e. The molecule has 0 amide bonds. The molecule has 0 radical (unpaired) electrons. The van der Waals surface area contributed by atoms with Gasteiger partial charge in [-0.3, -0.25) is 4.79 Å². The first-order valence-corrected chi connectivity index (χ1v) is 8.58. The van der Waals surface area contributed by atoms with Gasteiger partial charge in [0.15, 0.2) is 10.9 Å². The third kappa shape index (κ3) is 3.28. The van der Waals surface area contributed by atoms with Crippen LogP contribution in [0.15, 0.2) is 23.5 Å². The predicted molar refractivity (Wildman–Crippen MR) is 86.5 cm³/mol. The molecule has 1 saturated heterocycles. The number of Topliss-reactive ketones (excluding diaryl/α,β-unsaturated/α-hetero) is 1. The molecule has 1 aliphatic heterocycles. The SMILES string of the molecule is Cc1nc(SCC(=O)c2ccc[nH]2)n(C[C@H]2CCCO2)c1C. The van der Waals surface area contributed by atoms with E-state index >= 15 is 0 Å². The maximum atomic E-state index is 12.1. The van der Waals surface area contributed by atoms with Crippen molar-refractivity contribution in [2.45, 2.75) is 44.5 Å². The number of nitrogens with zero attached hydrogens (tertiary/aromatic N) is 2. The second-order valence-corrected chi connectivity index (χ2v) is 6.55. The van der Waals surface area contributed by atoms with E-state index in [1.54, 1.807) is 12.3 Å². The molecule has 1 aliphatic rings. The highest BCUT2D eigenvalue weighted by atomic mass is 32.2. The van der Waals surface area contributed by atoms with E-state index in [4.69, 9.17) is 4.74 Å². The number of ketones is 1. The number of H-pyrrole nitrogens is 1. The highest BCUT2D eigenvalue weighted by molar-refractivity contribution is 7.99. The van der Waals surface area contributed by atoms with Crippen molar-refractivity contribution in [1.82, 2.24) is 14.5 Å². The molecule has 1 fully saturated rings. The molecular formula is C16H21N3O2S. The van der Waals surface area contributed by atoms with Crippen molar-refractivity contribution in [2.75, 3.05) is 12.4 Å². The summed E-state index contributed by atoms with van der Waals surface area (Å²) in [5.41, 5.74) is 2.83. The topological polar surface area (TPSA) is 59.9 Å². The lowest BCUT2D eigenvalue weighted by Gasteiger charge is -2.14. The summed E-state index contributed by atoms with van der Waals surface area (Å²) in [7, 11) is 0. The van der Waals surface area contributed by atoms with E-state index in [0.29, 0.717) is 11.4 Å². The Morgan fingerprint density at radius 3 is 3.09 bits per heavy atom. The van der Waals surface area contributed by atoms with Crippen LogP contribution in [0.2, 0.25) is 0 Å². The van der Waals surface area contributed by atoms with Gasteiger partial charge in [-0.1, -0.05) is 11.8 Å². The van der Waals surface area contributed by atoms with Crippen LogP contribution in [0.25, 0.3) is 0 Å². The smallest absolute Gasteiger partial charge is 0.189 e. The van der Waals surface area contributed by atoms with Crippen molar-refractivity contribution < 1.29 is 9.53 Å². The molecule has 0 spiro atoms. The molecule has 0 saturated carbocycles. The number of hydrogen-bond donors (Lipinski definition) is 1. The molecule has 1 atom stereocenters. The van der Waals surface area contributed by atoms with Crippen molar-refractivity contribution in [1.29, 1.82) is 0 Å². The van der Waals surface area contributed by atoms with Gasteiger partial charge in [-0.2, -0.15) is 0 Å². The van der Waals surface area contributed by atoms with Gasteiger partial charge >= 0.3 is 0 Å². The molecule has 2 aromatic rings. The van der Waals surface area contributed by atoms with Crippen LogP contribution in [-0.4, -0.2) is 38.8 Å². The predicted octanol–water partition coefficient (Wildman–Crippen LogP) is 2.98.